The summed E-state index contributed by atoms with van der Waals surface area (Å²) < 4.78 is 49.4. The van der Waals surface area contributed by atoms with E-state index >= 15 is 0 Å². The number of halogens is 1. The van der Waals surface area contributed by atoms with E-state index in [1.807, 2.05) is 0 Å². The van der Waals surface area contributed by atoms with Gasteiger partial charge in [-0.15, -0.1) is 0 Å². The van der Waals surface area contributed by atoms with Crippen molar-refractivity contribution in [2.24, 2.45) is 0 Å². The molecule has 1 saturated carbocycles. The van der Waals surface area contributed by atoms with Crippen LogP contribution in [0.2, 0.25) is 0 Å². The van der Waals surface area contributed by atoms with Crippen LogP contribution in [-0.4, -0.2) is 47.3 Å². The molecule has 1 atom stereocenters. The topological polar surface area (TPSA) is 130 Å². The molecule has 0 radical (unpaired) electrons. The summed E-state index contributed by atoms with van der Waals surface area (Å²) in [4.78, 5) is 12.8. The van der Waals surface area contributed by atoms with Crippen molar-refractivity contribution in [1.29, 1.82) is 0 Å². The molecular formula is C21H26FN3O6S. The molecule has 1 aliphatic carbocycles. The Bertz CT molecular complexity index is 1220. The van der Waals surface area contributed by atoms with Crippen molar-refractivity contribution >= 4 is 27.1 Å². The summed E-state index contributed by atoms with van der Waals surface area (Å²) in [6.07, 6.45) is -0.647. The molecule has 2 aromatic rings. The molecule has 1 aromatic carbocycles. The normalized spacial score (nSPS) is 17.4. The second kappa shape index (κ2) is 8.05. The summed E-state index contributed by atoms with van der Waals surface area (Å²) in [6.45, 7) is 3.18. The second-order valence-corrected chi connectivity index (χ2v) is 10.5. The van der Waals surface area contributed by atoms with Gasteiger partial charge in [0.1, 0.15) is 18.1 Å². The van der Waals surface area contributed by atoms with Gasteiger partial charge in [0, 0.05) is 5.56 Å². The lowest BCUT2D eigenvalue weighted by Crippen LogP contribution is -2.35. The Morgan fingerprint density at radius 2 is 2.00 bits per heavy atom. The molecule has 4 N–H and O–H groups in total. The number of rotatable bonds is 8. The van der Waals surface area contributed by atoms with Crippen molar-refractivity contribution < 1.29 is 27.8 Å². The van der Waals surface area contributed by atoms with Crippen molar-refractivity contribution in [2.75, 3.05) is 23.3 Å². The molecule has 1 fully saturated rings. The minimum atomic E-state index is -4.04. The van der Waals surface area contributed by atoms with Gasteiger partial charge in [0.15, 0.2) is 0 Å². The SMILES string of the molecule is Cc1ccc(Nc2c(NS(=O)(=O)C3(CC(O)CO)CC3)c3n(c(=O)c2C)CCO3)c(F)c1. The zero-order valence-electron chi connectivity index (χ0n) is 17.8. The first-order chi connectivity index (χ1) is 15.1. The Labute approximate surface area is 184 Å². The average molecular weight is 468 g/mol. The zero-order chi connectivity index (χ0) is 23.3. The Morgan fingerprint density at radius 1 is 1.28 bits per heavy atom. The first kappa shape index (κ1) is 22.6. The van der Waals surface area contributed by atoms with E-state index in [4.69, 9.17) is 9.84 Å². The van der Waals surface area contributed by atoms with E-state index in [-0.39, 0.29) is 53.6 Å². The Kier molecular flexibility index (Phi) is 5.68. The molecule has 1 aromatic heterocycles. The van der Waals surface area contributed by atoms with Gasteiger partial charge in [0.2, 0.25) is 15.9 Å². The fourth-order valence-electron chi connectivity index (χ4n) is 3.98. The summed E-state index contributed by atoms with van der Waals surface area (Å²) in [7, 11) is -4.04. The smallest absolute Gasteiger partial charge is 0.258 e. The molecule has 0 spiro atoms. The van der Waals surface area contributed by atoms with E-state index in [2.05, 4.69) is 10.0 Å². The van der Waals surface area contributed by atoms with Gasteiger partial charge in [-0.3, -0.25) is 14.1 Å². The number of fused-ring (bicyclic) bond motifs is 1. The highest BCUT2D eigenvalue weighted by Gasteiger charge is 2.56. The highest BCUT2D eigenvalue weighted by atomic mass is 32.2. The fourth-order valence-corrected chi connectivity index (χ4v) is 5.71. The van der Waals surface area contributed by atoms with Gasteiger partial charge in [-0.25, -0.2) is 12.8 Å². The van der Waals surface area contributed by atoms with E-state index in [1.54, 1.807) is 13.0 Å². The van der Waals surface area contributed by atoms with Gasteiger partial charge in [-0.1, -0.05) is 6.07 Å². The molecule has 0 bridgehead atoms. The number of aryl methyl sites for hydroxylation is 1. The molecule has 1 unspecified atom stereocenters. The number of sulfonamides is 1. The van der Waals surface area contributed by atoms with Gasteiger partial charge in [-0.2, -0.15) is 0 Å². The largest absolute Gasteiger partial charge is 0.475 e. The lowest BCUT2D eigenvalue weighted by molar-refractivity contribution is 0.0858. The lowest BCUT2D eigenvalue weighted by atomic mass is 10.1. The first-order valence-corrected chi connectivity index (χ1v) is 11.8. The number of hydrogen-bond donors (Lipinski definition) is 4. The van der Waals surface area contributed by atoms with Crippen LogP contribution in [0.4, 0.5) is 21.5 Å². The second-order valence-electron chi connectivity index (χ2n) is 8.42. The molecular weight excluding hydrogens is 441 g/mol. The number of nitrogens with zero attached hydrogens (tertiary/aromatic N) is 1. The minimum Gasteiger partial charge on any atom is -0.475 e. The third-order valence-electron chi connectivity index (χ3n) is 6.02. The van der Waals surface area contributed by atoms with E-state index in [0.717, 1.165) is 0 Å². The van der Waals surface area contributed by atoms with Crippen molar-refractivity contribution in [2.45, 2.75) is 50.5 Å². The van der Waals surface area contributed by atoms with Crippen LogP contribution in [0.25, 0.3) is 0 Å². The number of pyridine rings is 1. The molecule has 32 heavy (non-hydrogen) atoms. The molecule has 2 heterocycles. The maximum absolute atomic E-state index is 14.5. The van der Waals surface area contributed by atoms with Crippen LogP contribution in [0, 0.1) is 19.7 Å². The number of aliphatic hydroxyl groups excluding tert-OH is 2. The first-order valence-electron chi connectivity index (χ1n) is 10.3. The fraction of sp³-hybridized carbons (Fsp3) is 0.476. The van der Waals surface area contributed by atoms with Gasteiger partial charge in [-0.05, 0) is 50.8 Å². The average Bonchev–Trinajstić information content (AvgIpc) is 3.36. The van der Waals surface area contributed by atoms with Gasteiger partial charge in [0.05, 0.1) is 35.4 Å². The number of ether oxygens (including phenoxy) is 1. The van der Waals surface area contributed by atoms with E-state index in [9.17, 15) is 22.7 Å². The summed E-state index contributed by atoms with van der Waals surface area (Å²) in [5.41, 5.74) is 0.751. The Hall–Kier alpha value is -2.63. The van der Waals surface area contributed by atoms with Crippen molar-refractivity contribution in [3.05, 3.63) is 45.5 Å². The predicted octanol–water partition coefficient (Wildman–Crippen LogP) is 1.76. The van der Waals surface area contributed by atoms with Crippen molar-refractivity contribution in [3.63, 3.8) is 0 Å². The standard InChI is InChI=1S/C21H26FN3O6S/c1-12-3-4-16(15(22)9-12)23-17-13(2)19(28)25-7-8-31-20(25)18(17)24-32(29,30)21(5-6-21)10-14(27)11-26/h3-4,9,14,23-24,26-27H,5-8,10-11H2,1-2H3. The monoisotopic (exact) mass is 467 g/mol. The summed E-state index contributed by atoms with van der Waals surface area (Å²) in [5, 5.41) is 21.9. The van der Waals surface area contributed by atoms with Crippen LogP contribution >= 0.6 is 0 Å². The predicted molar refractivity (Wildman–Crippen MR) is 118 cm³/mol. The van der Waals surface area contributed by atoms with Crippen molar-refractivity contribution in [3.8, 4) is 5.88 Å². The molecule has 0 amide bonds. The van der Waals surface area contributed by atoms with Crippen LogP contribution in [0.5, 0.6) is 5.88 Å². The maximum atomic E-state index is 14.5. The van der Waals surface area contributed by atoms with Crippen LogP contribution in [0.1, 0.15) is 30.4 Å². The highest BCUT2D eigenvalue weighted by molar-refractivity contribution is 7.94. The molecule has 0 saturated heterocycles. The van der Waals surface area contributed by atoms with Crippen LogP contribution in [0.3, 0.4) is 0 Å². The molecule has 9 nitrogen and oxygen atoms in total. The molecule has 4 rings (SSSR count). The minimum absolute atomic E-state index is 0.0179. The number of hydrogen-bond acceptors (Lipinski definition) is 7. The maximum Gasteiger partial charge on any atom is 0.258 e. The lowest BCUT2D eigenvalue weighted by Gasteiger charge is -2.23. The van der Waals surface area contributed by atoms with Crippen LogP contribution < -0.4 is 20.3 Å². The van der Waals surface area contributed by atoms with E-state index < -0.39 is 33.3 Å². The molecule has 1 aliphatic heterocycles. The quantitative estimate of drug-likeness (QED) is 0.465. The van der Waals surface area contributed by atoms with E-state index in [1.165, 1.54) is 23.6 Å². The van der Waals surface area contributed by atoms with Crippen molar-refractivity contribution in [1.82, 2.24) is 4.57 Å². The third kappa shape index (κ3) is 3.84. The van der Waals surface area contributed by atoms with Gasteiger partial charge in [0.25, 0.3) is 5.56 Å². The van der Waals surface area contributed by atoms with E-state index in [0.29, 0.717) is 18.4 Å². The summed E-state index contributed by atoms with van der Waals surface area (Å²) in [5.74, 6) is -0.498. The summed E-state index contributed by atoms with van der Waals surface area (Å²) >= 11 is 0. The molecule has 11 heteroatoms. The Morgan fingerprint density at radius 3 is 2.62 bits per heavy atom. The molecule has 174 valence electrons. The third-order valence-corrected chi connectivity index (χ3v) is 8.21. The highest BCUT2D eigenvalue weighted by Crippen LogP contribution is 2.49. The number of aliphatic hydroxyl groups is 2. The van der Waals surface area contributed by atoms with Gasteiger partial charge >= 0.3 is 0 Å². The number of benzene rings is 1. The van der Waals surface area contributed by atoms with Crippen LogP contribution in [-0.2, 0) is 16.6 Å². The van der Waals surface area contributed by atoms with Gasteiger partial charge < -0.3 is 20.3 Å². The number of aromatic nitrogens is 1. The van der Waals surface area contributed by atoms with Crippen LogP contribution in [0.15, 0.2) is 23.0 Å². The Balaban J connectivity index is 1.80. The summed E-state index contributed by atoms with van der Waals surface area (Å²) in [6, 6.07) is 4.53. The molecule has 2 aliphatic rings. The number of anilines is 3. The number of nitrogens with one attached hydrogen (secondary N) is 2. The zero-order valence-corrected chi connectivity index (χ0v) is 18.6.